The molecule has 1 aromatic rings. The summed E-state index contributed by atoms with van der Waals surface area (Å²) in [6, 6.07) is 6.07. The van der Waals surface area contributed by atoms with E-state index in [2.05, 4.69) is 29.8 Å². The minimum atomic E-state index is 0.240. The van der Waals surface area contributed by atoms with E-state index in [-0.39, 0.29) is 6.04 Å². The van der Waals surface area contributed by atoms with Gasteiger partial charge in [0.1, 0.15) is 5.75 Å². The van der Waals surface area contributed by atoms with Gasteiger partial charge in [0.2, 0.25) is 0 Å². The molecule has 1 aliphatic heterocycles. The second-order valence-corrected chi connectivity index (χ2v) is 4.89. The number of benzene rings is 1. The summed E-state index contributed by atoms with van der Waals surface area (Å²) in [5.41, 5.74) is 2.21. The molecule has 0 unspecified atom stereocenters. The third-order valence-electron chi connectivity index (χ3n) is 3.52. The van der Waals surface area contributed by atoms with E-state index in [1.54, 1.807) is 6.07 Å². The second kappa shape index (κ2) is 6.03. The summed E-state index contributed by atoms with van der Waals surface area (Å²) < 4.78 is 0. The molecule has 0 amide bonds. The Morgan fingerprint density at radius 2 is 2.17 bits per heavy atom. The molecule has 1 heterocycles. The molecule has 98 valence electrons. The maximum Gasteiger partial charge on any atom is 0.120 e. The Labute approximate surface area is 109 Å². The van der Waals surface area contributed by atoms with Crippen LogP contribution in [0.25, 0.3) is 0 Å². The summed E-state index contributed by atoms with van der Waals surface area (Å²) in [5.74, 6) is 0.394. The number of piperazine rings is 1. The average Bonchev–Trinajstić information content (AvgIpc) is 2.40. The number of nitrogens with one attached hydrogen (secondary N) is 1. The number of rotatable bonds is 4. The van der Waals surface area contributed by atoms with Crippen molar-refractivity contribution in [2.45, 2.75) is 19.4 Å². The highest BCUT2D eigenvalue weighted by Crippen LogP contribution is 2.32. The first-order chi connectivity index (χ1) is 8.72. The average molecular weight is 246 g/mol. The number of aryl methyl sites for hydroxylation is 1. The second-order valence-electron chi connectivity index (χ2n) is 4.89. The van der Waals surface area contributed by atoms with E-state index in [1.165, 1.54) is 5.56 Å². The van der Waals surface area contributed by atoms with Crippen LogP contribution in [0.15, 0.2) is 30.9 Å². The molecular weight excluding hydrogens is 224 g/mol. The number of hydrogen-bond donors (Lipinski definition) is 2. The lowest BCUT2D eigenvalue weighted by Gasteiger charge is -2.35. The van der Waals surface area contributed by atoms with Crippen LogP contribution >= 0.6 is 0 Å². The summed E-state index contributed by atoms with van der Waals surface area (Å²) in [7, 11) is 0. The predicted molar refractivity (Wildman–Crippen MR) is 74.8 cm³/mol. The van der Waals surface area contributed by atoms with Crippen LogP contribution in [-0.4, -0.2) is 36.2 Å². The fourth-order valence-corrected chi connectivity index (χ4v) is 2.57. The number of phenolic OH excluding ortho intramolecular Hbond substituents is 1. The highest BCUT2D eigenvalue weighted by atomic mass is 16.3. The zero-order chi connectivity index (χ0) is 13.0. The van der Waals surface area contributed by atoms with Gasteiger partial charge in [-0.25, -0.2) is 0 Å². The Morgan fingerprint density at radius 1 is 1.44 bits per heavy atom. The van der Waals surface area contributed by atoms with Crippen LogP contribution in [-0.2, 0) is 0 Å². The van der Waals surface area contributed by atoms with E-state index in [0.717, 1.165) is 38.2 Å². The van der Waals surface area contributed by atoms with Gasteiger partial charge in [-0.05, 0) is 19.4 Å². The highest BCUT2D eigenvalue weighted by Gasteiger charge is 2.23. The molecule has 0 aromatic heterocycles. The zero-order valence-electron chi connectivity index (χ0n) is 11.0. The summed E-state index contributed by atoms with van der Waals surface area (Å²) in [6.07, 6.45) is 2.81. The van der Waals surface area contributed by atoms with Gasteiger partial charge in [-0.15, -0.1) is 6.58 Å². The Kier molecular flexibility index (Phi) is 4.39. The van der Waals surface area contributed by atoms with Crippen molar-refractivity contribution in [3.8, 4) is 5.75 Å². The largest absolute Gasteiger partial charge is 0.508 e. The molecule has 1 fully saturated rings. The smallest absolute Gasteiger partial charge is 0.120 e. The Hall–Kier alpha value is -1.32. The molecule has 2 rings (SSSR count). The van der Waals surface area contributed by atoms with Crippen molar-refractivity contribution >= 4 is 0 Å². The van der Waals surface area contributed by atoms with Gasteiger partial charge in [-0.1, -0.05) is 23.8 Å². The lowest BCUT2D eigenvalue weighted by Crippen LogP contribution is -2.45. The molecule has 1 aliphatic rings. The number of hydrogen-bond acceptors (Lipinski definition) is 3. The normalized spacial score (nSPS) is 18.5. The number of nitrogens with zero attached hydrogens (tertiary/aromatic N) is 1. The van der Waals surface area contributed by atoms with Crippen molar-refractivity contribution in [1.82, 2.24) is 10.2 Å². The number of phenols is 1. The van der Waals surface area contributed by atoms with E-state index in [0.29, 0.717) is 5.75 Å². The van der Waals surface area contributed by atoms with Gasteiger partial charge in [-0.3, -0.25) is 4.90 Å². The van der Waals surface area contributed by atoms with Gasteiger partial charge in [0.15, 0.2) is 0 Å². The van der Waals surface area contributed by atoms with Gasteiger partial charge in [0, 0.05) is 37.8 Å². The number of aromatic hydroxyl groups is 1. The van der Waals surface area contributed by atoms with Crippen LogP contribution < -0.4 is 5.32 Å². The first kappa shape index (κ1) is 13.1. The standard InChI is InChI=1S/C15H22N2O/c1-3-4-14(17-9-7-16-8-10-17)13-11-12(2)5-6-15(13)18/h3,5-6,11,14,16,18H,1,4,7-10H2,2H3/t14-/m1/s1. The van der Waals surface area contributed by atoms with Crippen molar-refractivity contribution in [3.05, 3.63) is 42.0 Å². The topological polar surface area (TPSA) is 35.5 Å². The third kappa shape index (κ3) is 2.92. The minimum Gasteiger partial charge on any atom is -0.508 e. The van der Waals surface area contributed by atoms with E-state index in [4.69, 9.17) is 0 Å². The van der Waals surface area contributed by atoms with Crippen molar-refractivity contribution in [1.29, 1.82) is 0 Å². The lowest BCUT2D eigenvalue weighted by molar-refractivity contribution is 0.172. The molecule has 0 radical (unpaired) electrons. The SMILES string of the molecule is C=CC[C@H](c1cc(C)ccc1O)N1CCNCC1. The third-order valence-corrected chi connectivity index (χ3v) is 3.52. The minimum absolute atomic E-state index is 0.240. The zero-order valence-corrected chi connectivity index (χ0v) is 11.0. The quantitative estimate of drug-likeness (QED) is 0.800. The van der Waals surface area contributed by atoms with Crippen LogP contribution in [0.1, 0.15) is 23.6 Å². The molecule has 0 bridgehead atoms. The van der Waals surface area contributed by atoms with Gasteiger partial charge in [0.25, 0.3) is 0 Å². The first-order valence-corrected chi connectivity index (χ1v) is 6.57. The van der Waals surface area contributed by atoms with Crippen molar-refractivity contribution in [2.75, 3.05) is 26.2 Å². The maximum atomic E-state index is 10.1. The first-order valence-electron chi connectivity index (χ1n) is 6.57. The Morgan fingerprint density at radius 3 is 2.83 bits per heavy atom. The Bertz CT molecular complexity index is 411. The maximum absolute atomic E-state index is 10.1. The fraction of sp³-hybridized carbons (Fsp3) is 0.467. The van der Waals surface area contributed by atoms with Crippen molar-refractivity contribution < 1.29 is 5.11 Å². The summed E-state index contributed by atoms with van der Waals surface area (Å²) in [5, 5.41) is 13.4. The van der Waals surface area contributed by atoms with Crippen LogP contribution in [0, 0.1) is 6.92 Å². The molecule has 3 nitrogen and oxygen atoms in total. The van der Waals surface area contributed by atoms with Crippen LogP contribution in [0.4, 0.5) is 0 Å². The van der Waals surface area contributed by atoms with Gasteiger partial charge in [0.05, 0.1) is 0 Å². The molecule has 1 atom stereocenters. The molecule has 0 saturated carbocycles. The van der Waals surface area contributed by atoms with Crippen molar-refractivity contribution in [3.63, 3.8) is 0 Å². The van der Waals surface area contributed by atoms with Gasteiger partial charge >= 0.3 is 0 Å². The summed E-state index contributed by atoms with van der Waals surface area (Å²) in [4.78, 5) is 2.42. The van der Waals surface area contributed by atoms with Gasteiger partial charge < -0.3 is 10.4 Å². The molecule has 0 aliphatic carbocycles. The van der Waals surface area contributed by atoms with E-state index in [9.17, 15) is 5.11 Å². The van der Waals surface area contributed by atoms with Crippen LogP contribution in [0.5, 0.6) is 5.75 Å². The summed E-state index contributed by atoms with van der Waals surface area (Å²) in [6.45, 7) is 9.98. The molecule has 2 N–H and O–H groups in total. The molecule has 18 heavy (non-hydrogen) atoms. The van der Waals surface area contributed by atoms with E-state index in [1.807, 2.05) is 12.1 Å². The highest BCUT2D eigenvalue weighted by molar-refractivity contribution is 5.38. The van der Waals surface area contributed by atoms with Gasteiger partial charge in [-0.2, -0.15) is 0 Å². The molecule has 1 saturated heterocycles. The Balaban J connectivity index is 2.27. The molecule has 3 heteroatoms. The van der Waals surface area contributed by atoms with Crippen LogP contribution in [0.2, 0.25) is 0 Å². The fourth-order valence-electron chi connectivity index (χ4n) is 2.57. The monoisotopic (exact) mass is 246 g/mol. The molecule has 1 aromatic carbocycles. The van der Waals surface area contributed by atoms with Crippen LogP contribution in [0.3, 0.4) is 0 Å². The molecular formula is C15H22N2O. The van der Waals surface area contributed by atoms with E-state index >= 15 is 0 Å². The van der Waals surface area contributed by atoms with E-state index < -0.39 is 0 Å². The lowest BCUT2D eigenvalue weighted by atomic mass is 9.98. The summed E-state index contributed by atoms with van der Waals surface area (Å²) >= 11 is 0. The molecule has 0 spiro atoms. The van der Waals surface area contributed by atoms with Crippen molar-refractivity contribution in [2.24, 2.45) is 0 Å². The predicted octanol–water partition coefficient (Wildman–Crippen LogP) is 2.22.